The molecule has 0 aliphatic heterocycles. The first-order chi connectivity index (χ1) is 9.65. The topological polar surface area (TPSA) is 79.9 Å². The molecule has 0 radical (unpaired) electrons. The van der Waals surface area contributed by atoms with E-state index in [1.807, 2.05) is 0 Å². The van der Waals surface area contributed by atoms with Crippen LogP contribution in [0.15, 0.2) is 24.3 Å². The van der Waals surface area contributed by atoms with Crippen LogP contribution in [0.5, 0.6) is 6.01 Å². The van der Waals surface area contributed by atoms with Gasteiger partial charge in [-0.15, -0.1) is 16.4 Å². The first-order valence-corrected chi connectivity index (χ1v) is 6.44. The van der Waals surface area contributed by atoms with E-state index in [-0.39, 0.29) is 23.7 Å². The van der Waals surface area contributed by atoms with Crippen molar-refractivity contribution < 1.29 is 13.9 Å². The number of rotatable bonds is 3. The van der Waals surface area contributed by atoms with Gasteiger partial charge in [-0.2, -0.15) is 4.98 Å². The quantitative estimate of drug-likeness (QED) is 0.777. The molecule has 8 heteroatoms. The third kappa shape index (κ3) is 2.32. The summed E-state index contributed by atoms with van der Waals surface area (Å²) in [7, 11) is 1.43. The molecule has 3 aromatic rings. The molecule has 0 atom stereocenters. The zero-order valence-electron chi connectivity index (χ0n) is 10.3. The fourth-order valence-corrected chi connectivity index (χ4v) is 2.66. The number of nitrogens with zero attached hydrogens (tertiary/aromatic N) is 2. The maximum absolute atomic E-state index is 13.1. The maximum atomic E-state index is 13.1. The first kappa shape index (κ1) is 12.5. The summed E-state index contributed by atoms with van der Waals surface area (Å²) in [6.45, 7) is 0. The highest BCUT2D eigenvalue weighted by Gasteiger charge is 2.13. The molecular weight excluding hydrogens is 283 g/mol. The van der Waals surface area contributed by atoms with Gasteiger partial charge in [-0.1, -0.05) is 6.07 Å². The van der Waals surface area contributed by atoms with E-state index in [4.69, 9.17) is 4.74 Å². The van der Waals surface area contributed by atoms with Gasteiger partial charge in [0.1, 0.15) is 5.82 Å². The minimum Gasteiger partial charge on any atom is -0.466 e. The molecule has 2 aromatic heterocycles. The summed E-state index contributed by atoms with van der Waals surface area (Å²) in [6.07, 6.45) is 0. The Morgan fingerprint density at radius 3 is 3.05 bits per heavy atom. The Bertz CT molecular complexity index is 783. The number of H-pyrrole nitrogens is 1. The smallest absolute Gasteiger partial charge is 0.336 e. The second kappa shape index (κ2) is 4.89. The Kier molecular flexibility index (Phi) is 3.07. The Morgan fingerprint density at radius 1 is 1.45 bits per heavy atom. The van der Waals surface area contributed by atoms with Crippen LogP contribution in [0.4, 0.5) is 10.3 Å². The number of amides is 1. The molecule has 0 fully saturated rings. The second-order valence-corrected chi connectivity index (χ2v) is 5.00. The van der Waals surface area contributed by atoms with Gasteiger partial charge >= 0.3 is 6.01 Å². The summed E-state index contributed by atoms with van der Waals surface area (Å²) in [5, 5.41) is 9.62. The average Bonchev–Trinajstić information content (AvgIpc) is 3.04. The molecule has 3 rings (SSSR count). The van der Waals surface area contributed by atoms with Gasteiger partial charge in [0, 0.05) is 4.70 Å². The fourth-order valence-electron chi connectivity index (χ4n) is 1.68. The van der Waals surface area contributed by atoms with E-state index in [0.717, 1.165) is 5.39 Å². The van der Waals surface area contributed by atoms with Crippen molar-refractivity contribution in [3.8, 4) is 6.01 Å². The van der Waals surface area contributed by atoms with Crippen LogP contribution >= 0.6 is 11.3 Å². The molecule has 0 aliphatic rings. The van der Waals surface area contributed by atoms with E-state index >= 15 is 0 Å². The Balaban J connectivity index is 1.84. The van der Waals surface area contributed by atoms with Crippen molar-refractivity contribution in [2.45, 2.75) is 0 Å². The van der Waals surface area contributed by atoms with Crippen molar-refractivity contribution >= 4 is 33.3 Å². The summed E-state index contributed by atoms with van der Waals surface area (Å²) in [5.74, 6) is -0.479. The first-order valence-electron chi connectivity index (χ1n) is 5.62. The standard InChI is InChI=1S/C12H9FN4O2S/c1-19-12-15-11(16-17-12)14-10(18)9-4-6-2-3-7(13)5-8(6)20-9/h2-5H,1H3,(H2,14,15,16,17,18). The number of hydrogen-bond acceptors (Lipinski definition) is 5. The van der Waals surface area contributed by atoms with Gasteiger partial charge in [0.25, 0.3) is 5.91 Å². The van der Waals surface area contributed by atoms with Crippen LogP contribution in [0.1, 0.15) is 9.67 Å². The van der Waals surface area contributed by atoms with Crippen LogP contribution in [0.25, 0.3) is 10.1 Å². The van der Waals surface area contributed by atoms with Crippen LogP contribution in [0, 0.1) is 5.82 Å². The normalized spacial score (nSPS) is 10.7. The molecule has 2 N–H and O–H groups in total. The summed E-state index contributed by atoms with van der Waals surface area (Å²) in [4.78, 5) is 16.4. The third-order valence-electron chi connectivity index (χ3n) is 2.59. The van der Waals surface area contributed by atoms with Crippen molar-refractivity contribution in [1.82, 2.24) is 15.2 Å². The average molecular weight is 292 g/mol. The number of ether oxygens (including phenoxy) is 1. The van der Waals surface area contributed by atoms with Gasteiger partial charge in [-0.25, -0.2) is 9.49 Å². The van der Waals surface area contributed by atoms with Crippen LogP contribution < -0.4 is 10.1 Å². The predicted molar refractivity (Wildman–Crippen MR) is 72.7 cm³/mol. The predicted octanol–water partition coefficient (Wildman–Crippen LogP) is 2.42. The molecule has 0 unspecified atom stereocenters. The van der Waals surface area contributed by atoms with Gasteiger partial charge in [0.2, 0.25) is 5.95 Å². The Labute approximate surface area is 116 Å². The lowest BCUT2D eigenvalue weighted by atomic mass is 10.2. The number of carbonyl (C=O) groups excluding carboxylic acids is 1. The molecule has 0 aliphatic carbocycles. The molecule has 1 amide bonds. The maximum Gasteiger partial charge on any atom is 0.336 e. The number of fused-ring (bicyclic) bond motifs is 1. The minimum absolute atomic E-state index is 0.138. The van der Waals surface area contributed by atoms with Crippen molar-refractivity contribution in [2.24, 2.45) is 0 Å². The van der Waals surface area contributed by atoms with Crippen LogP contribution in [0.3, 0.4) is 0 Å². The number of aromatic nitrogens is 3. The number of methoxy groups -OCH3 is 1. The van der Waals surface area contributed by atoms with Crippen molar-refractivity contribution in [1.29, 1.82) is 0 Å². The number of hydrogen-bond donors (Lipinski definition) is 2. The van der Waals surface area contributed by atoms with Crippen LogP contribution in [-0.2, 0) is 0 Å². The summed E-state index contributed by atoms with van der Waals surface area (Å²) >= 11 is 1.21. The number of halogens is 1. The van der Waals surface area contributed by atoms with Gasteiger partial charge in [-0.3, -0.25) is 10.1 Å². The minimum atomic E-state index is -0.342. The highest BCUT2D eigenvalue weighted by atomic mass is 32.1. The number of nitrogens with one attached hydrogen (secondary N) is 2. The number of benzene rings is 1. The highest BCUT2D eigenvalue weighted by molar-refractivity contribution is 7.20. The van der Waals surface area contributed by atoms with E-state index < -0.39 is 0 Å². The van der Waals surface area contributed by atoms with Crippen molar-refractivity contribution in [3.63, 3.8) is 0 Å². The van der Waals surface area contributed by atoms with E-state index in [2.05, 4.69) is 20.5 Å². The van der Waals surface area contributed by atoms with Gasteiger partial charge < -0.3 is 4.74 Å². The molecule has 6 nitrogen and oxygen atoms in total. The molecule has 1 aromatic carbocycles. The molecule has 0 spiro atoms. The van der Waals surface area contributed by atoms with Crippen molar-refractivity contribution in [2.75, 3.05) is 12.4 Å². The zero-order valence-corrected chi connectivity index (χ0v) is 11.1. The van der Waals surface area contributed by atoms with Gasteiger partial charge in [-0.05, 0) is 23.6 Å². The SMILES string of the molecule is COc1n[nH]c(NC(=O)c2cc3ccc(F)cc3s2)n1. The molecule has 0 saturated carbocycles. The lowest BCUT2D eigenvalue weighted by Crippen LogP contribution is -2.11. The zero-order chi connectivity index (χ0) is 14.1. The molecule has 0 saturated heterocycles. The van der Waals surface area contributed by atoms with Gasteiger partial charge in [0.15, 0.2) is 0 Å². The third-order valence-corrected chi connectivity index (χ3v) is 3.68. The summed E-state index contributed by atoms with van der Waals surface area (Å²) in [6, 6.07) is 6.23. The molecule has 20 heavy (non-hydrogen) atoms. The molecule has 2 heterocycles. The monoisotopic (exact) mass is 292 g/mol. The molecule has 0 bridgehead atoms. The fraction of sp³-hybridized carbons (Fsp3) is 0.0833. The van der Waals surface area contributed by atoms with E-state index in [9.17, 15) is 9.18 Å². The number of aromatic amines is 1. The largest absolute Gasteiger partial charge is 0.466 e. The van der Waals surface area contributed by atoms with Gasteiger partial charge in [0.05, 0.1) is 12.0 Å². The van der Waals surface area contributed by atoms with Crippen LogP contribution in [-0.4, -0.2) is 28.2 Å². The Morgan fingerprint density at radius 2 is 2.30 bits per heavy atom. The van der Waals surface area contributed by atoms with E-state index in [1.54, 1.807) is 12.1 Å². The second-order valence-electron chi connectivity index (χ2n) is 3.92. The number of carbonyl (C=O) groups is 1. The van der Waals surface area contributed by atoms with E-state index in [1.165, 1.54) is 30.6 Å². The molecular formula is C12H9FN4O2S. The lowest BCUT2D eigenvalue weighted by Gasteiger charge is -1.96. The van der Waals surface area contributed by atoms with Crippen molar-refractivity contribution in [3.05, 3.63) is 35.0 Å². The van der Waals surface area contributed by atoms with E-state index in [0.29, 0.717) is 9.58 Å². The molecule has 102 valence electrons. The Hall–Kier alpha value is -2.48. The number of thiophene rings is 1. The lowest BCUT2D eigenvalue weighted by molar-refractivity contribution is 0.103. The summed E-state index contributed by atoms with van der Waals surface area (Å²) < 4.78 is 18.6. The highest BCUT2D eigenvalue weighted by Crippen LogP contribution is 2.26. The summed E-state index contributed by atoms with van der Waals surface area (Å²) in [5.41, 5.74) is 0. The van der Waals surface area contributed by atoms with Crippen LogP contribution in [0.2, 0.25) is 0 Å². The number of anilines is 1.